The van der Waals surface area contributed by atoms with Crippen LogP contribution in [0.5, 0.6) is 0 Å². The van der Waals surface area contributed by atoms with E-state index in [2.05, 4.69) is 10.3 Å². The van der Waals surface area contributed by atoms with Gasteiger partial charge in [0.1, 0.15) is 17.2 Å². The Hall–Kier alpha value is -1.91. The highest BCUT2D eigenvalue weighted by Crippen LogP contribution is 2.19. The molecule has 21 heavy (non-hydrogen) atoms. The van der Waals surface area contributed by atoms with Crippen LogP contribution in [0.15, 0.2) is 18.3 Å². The minimum atomic E-state index is -0.366. The van der Waals surface area contributed by atoms with Crippen LogP contribution in [0.25, 0.3) is 5.65 Å². The third-order valence-corrected chi connectivity index (χ3v) is 4.14. The van der Waals surface area contributed by atoms with Crippen molar-refractivity contribution in [1.29, 1.82) is 0 Å². The average Bonchev–Trinajstić information content (AvgIpc) is 2.86. The number of carbonyl (C=O) groups is 1. The first kappa shape index (κ1) is 14.0. The van der Waals surface area contributed by atoms with E-state index in [-0.39, 0.29) is 17.8 Å². The lowest BCUT2D eigenvalue weighted by Crippen LogP contribution is -2.37. The van der Waals surface area contributed by atoms with Crippen molar-refractivity contribution in [1.82, 2.24) is 14.7 Å². The van der Waals surface area contributed by atoms with Gasteiger partial charge in [-0.2, -0.15) is 0 Å². The molecule has 1 fully saturated rings. The molecule has 0 radical (unpaired) electrons. The number of amides is 1. The number of halogens is 1. The molecule has 1 saturated carbocycles. The van der Waals surface area contributed by atoms with Crippen LogP contribution in [0, 0.1) is 5.82 Å². The molecule has 5 heteroatoms. The van der Waals surface area contributed by atoms with Gasteiger partial charge in [0.05, 0.1) is 5.69 Å². The van der Waals surface area contributed by atoms with Crippen LogP contribution in [0.3, 0.4) is 0 Å². The summed E-state index contributed by atoms with van der Waals surface area (Å²) in [7, 11) is 0. The third-order valence-electron chi connectivity index (χ3n) is 4.14. The minimum absolute atomic E-state index is 0.142. The molecule has 112 valence electrons. The number of nitrogens with zero attached hydrogens (tertiary/aromatic N) is 2. The van der Waals surface area contributed by atoms with Gasteiger partial charge >= 0.3 is 0 Å². The van der Waals surface area contributed by atoms with Crippen molar-refractivity contribution < 1.29 is 9.18 Å². The Morgan fingerprint density at radius 1 is 1.38 bits per heavy atom. The van der Waals surface area contributed by atoms with Gasteiger partial charge in [-0.05, 0) is 31.4 Å². The van der Waals surface area contributed by atoms with Crippen LogP contribution in [0.2, 0.25) is 0 Å². The average molecular weight is 289 g/mol. The van der Waals surface area contributed by atoms with E-state index >= 15 is 0 Å². The lowest BCUT2D eigenvalue weighted by molar-refractivity contribution is 0.0920. The first-order valence-electron chi connectivity index (χ1n) is 7.66. The number of aromatic nitrogens is 2. The van der Waals surface area contributed by atoms with Crippen molar-refractivity contribution in [2.75, 3.05) is 0 Å². The Bertz CT molecular complexity index is 659. The van der Waals surface area contributed by atoms with Crippen molar-refractivity contribution in [3.05, 3.63) is 35.5 Å². The molecular weight excluding hydrogens is 269 g/mol. The van der Waals surface area contributed by atoms with Crippen molar-refractivity contribution in [2.24, 2.45) is 0 Å². The number of hydrogen-bond donors (Lipinski definition) is 1. The summed E-state index contributed by atoms with van der Waals surface area (Å²) >= 11 is 0. The molecule has 0 spiro atoms. The van der Waals surface area contributed by atoms with Crippen molar-refractivity contribution in [3.63, 3.8) is 0 Å². The van der Waals surface area contributed by atoms with Gasteiger partial charge < -0.3 is 5.32 Å². The van der Waals surface area contributed by atoms with E-state index in [9.17, 15) is 9.18 Å². The molecule has 0 unspecified atom stereocenters. The van der Waals surface area contributed by atoms with E-state index in [1.54, 1.807) is 10.5 Å². The molecule has 0 bridgehead atoms. The van der Waals surface area contributed by atoms with Crippen LogP contribution in [-0.4, -0.2) is 21.3 Å². The van der Waals surface area contributed by atoms with Gasteiger partial charge in [0.2, 0.25) is 0 Å². The Morgan fingerprint density at radius 2 is 2.14 bits per heavy atom. The number of rotatable bonds is 3. The standard InChI is InChI=1S/C16H20FN3O/c1-2-13-15(16(21)18-12-6-4-3-5-7-12)20-10-11(17)8-9-14(20)19-13/h8-10,12H,2-7H2,1H3,(H,18,21). The zero-order chi connectivity index (χ0) is 14.8. The van der Waals surface area contributed by atoms with Gasteiger partial charge in [0.15, 0.2) is 0 Å². The predicted molar refractivity (Wildman–Crippen MR) is 78.9 cm³/mol. The number of hydrogen-bond acceptors (Lipinski definition) is 2. The summed E-state index contributed by atoms with van der Waals surface area (Å²) < 4.78 is 15.0. The molecule has 0 aliphatic heterocycles. The van der Waals surface area contributed by atoms with Gasteiger partial charge in [-0.3, -0.25) is 9.20 Å². The zero-order valence-corrected chi connectivity index (χ0v) is 12.2. The maximum absolute atomic E-state index is 13.5. The lowest BCUT2D eigenvalue weighted by Gasteiger charge is -2.22. The summed E-state index contributed by atoms with van der Waals surface area (Å²) in [6.45, 7) is 1.95. The molecular formula is C16H20FN3O. The molecule has 2 aromatic rings. The van der Waals surface area contributed by atoms with Crippen LogP contribution in [0.1, 0.15) is 55.2 Å². The molecule has 1 amide bonds. The molecule has 1 aliphatic carbocycles. The van der Waals surface area contributed by atoms with Crippen molar-refractivity contribution >= 4 is 11.6 Å². The van der Waals surface area contributed by atoms with Crippen molar-refractivity contribution in [3.8, 4) is 0 Å². The summed E-state index contributed by atoms with van der Waals surface area (Å²) in [6.07, 6.45) is 7.60. The molecule has 2 heterocycles. The van der Waals surface area contributed by atoms with Crippen molar-refractivity contribution in [2.45, 2.75) is 51.5 Å². The summed E-state index contributed by atoms with van der Waals surface area (Å²) in [5.41, 5.74) is 1.80. The quantitative estimate of drug-likeness (QED) is 0.943. The SMILES string of the molecule is CCc1nc2ccc(F)cn2c1C(=O)NC1CCCCC1. The smallest absolute Gasteiger partial charge is 0.270 e. The van der Waals surface area contributed by atoms with Gasteiger partial charge in [-0.25, -0.2) is 9.37 Å². The number of aryl methyl sites for hydroxylation is 1. The second kappa shape index (κ2) is 5.84. The molecule has 3 rings (SSSR count). The summed E-state index contributed by atoms with van der Waals surface area (Å²) in [6, 6.07) is 3.20. The molecule has 1 N–H and O–H groups in total. The first-order chi connectivity index (χ1) is 10.2. The number of pyridine rings is 1. The minimum Gasteiger partial charge on any atom is -0.348 e. The van der Waals surface area contributed by atoms with E-state index in [4.69, 9.17) is 0 Å². The molecule has 4 nitrogen and oxygen atoms in total. The van der Waals surface area contributed by atoms with Gasteiger partial charge in [-0.15, -0.1) is 0 Å². The third kappa shape index (κ3) is 2.77. The Labute approximate surface area is 123 Å². The molecule has 0 atom stereocenters. The number of fused-ring (bicyclic) bond motifs is 1. The maximum Gasteiger partial charge on any atom is 0.270 e. The molecule has 1 aliphatic rings. The van der Waals surface area contributed by atoms with E-state index in [1.807, 2.05) is 6.92 Å². The van der Waals surface area contributed by atoms with Crippen LogP contribution in [-0.2, 0) is 6.42 Å². The second-order valence-corrected chi connectivity index (χ2v) is 5.64. The van der Waals surface area contributed by atoms with Crippen LogP contribution < -0.4 is 5.32 Å². The van der Waals surface area contributed by atoms with E-state index in [0.29, 0.717) is 23.5 Å². The van der Waals surface area contributed by atoms with E-state index in [1.165, 1.54) is 18.7 Å². The zero-order valence-electron chi connectivity index (χ0n) is 12.2. The predicted octanol–water partition coefficient (Wildman–Crippen LogP) is 3.10. The normalized spacial score (nSPS) is 16.3. The van der Waals surface area contributed by atoms with E-state index < -0.39 is 0 Å². The Morgan fingerprint density at radius 3 is 2.86 bits per heavy atom. The van der Waals surface area contributed by atoms with Gasteiger partial charge in [0.25, 0.3) is 5.91 Å². The Kier molecular flexibility index (Phi) is 3.90. The molecule has 0 aromatic carbocycles. The molecule has 0 saturated heterocycles. The first-order valence-corrected chi connectivity index (χ1v) is 7.66. The summed E-state index contributed by atoms with van der Waals surface area (Å²) in [4.78, 5) is 17.0. The topological polar surface area (TPSA) is 46.4 Å². The number of nitrogens with one attached hydrogen (secondary N) is 1. The summed E-state index contributed by atoms with van der Waals surface area (Å²) in [5.74, 6) is -0.508. The fourth-order valence-corrected chi connectivity index (χ4v) is 3.06. The summed E-state index contributed by atoms with van der Waals surface area (Å²) in [5, 5.41) is 3.09. The fraction of sp³-hybridized carbons (Fsp3) is 0.500. The lowest BCUT2D eigenvalue weighted by atomic mass is 9.95. The maximum atomic E-state index is 13.5. The number of imidazole rings is 1. The Balaban J connectivity index is 1.93. The fourth-order valence-electron chi connectivity index (χ4n) is 3.06. The van der Waals surface area contributed by atoms with Crippen LogP contribution in [0.4, 0.5) is 4.39 Å². The highest BCUT2D eigenvalue weighted by molar-refractivity contribution is 5.95. The van der Waals surface area contributed by atoms with E-state index in [0.717, 1.165) is 25.7 Å². The largest absolute Gasteiger partial charge is 0.348 e. The second-order valence-electron chi connectivity index (χ2n) is 5.64. The van der Waals surface area contributed by atoms with Crippen LogP contribution >= 0.6 is 0 Å². The highest BCUT2D eigenvalue weighted by Gasteiger charge is 2.22. The highest BCUT2D eigenvalue weighted by atomic mass is 19.1. The molecule has 2 aromatic heterocycles. The van der Waals surface area contributed by atoms with Gasteiger partial charge in [0, 0.05) is 12.2 Å². The number of carbonyl (C=O) groups excluding carboxylic acids is 1. The van der Waals surface area contributed by atoms with Gasteiger partial charge in [-0.1, -0.05) is 26.2 Å². The monoisotopic (exact) mass is 289 g/mol.